The molecule has 20 heavy (non-hydrogen) atoms. The number of rotatable bonds is 6. The SMILES string of the molecule is CCCNc1ncccc1C(=O)N(C)Cc1cscn1. The quantitative estimate of drug-likeness (QED) is 0.888. The highest BCUT2D eigenvalue weighted by Crippen LogP contribution is 2.15. The molecule has 0 aliphatic rings. The van der Waals surface area contributed by atoms with E-state index in [2.05, 4.69) is 22.2 Å². The molecular weight excluding hydrogens is 272 g/mol. The Morgan fingerprint density at radius 1 is 1.45 bits per heavy atom. The molecule has 0 aliphatic heterocycles. The third-order valence-corrected chi connectivity index (χ3v) is 3.45. The molecule has 0 aromatic carbocycles. The summed E-state index contributed by atoms with van der Waals surface area (Å²) in [6.07, 6.45) is 2.67. The number of anilines is 1. The van der Waals surface area contributed by atoms with E-state index in [1.807, 2.05) is 5.38 Å². The maximum absolute atomic E-state index is 12.5. The highest BCUT2D eigenvalue weighted by Gasteiger charge is 2.17. The first kappa shape index (κ1) is 14.5. The predicted octanol–water partition coefficient (Wildman–Crippen LogP) is 2.63. The zero-order valence-corrected chi connectivity index (χ0v) is 12.5. The number of thiazole rings is 1. The second kappa shape index (κ2) is 7.00. The molecule has 1 N–H and O–H groups in total. The lowest BCUT2D eigenvalue weighted by Crippen LogP contribution is -2.27. The van der Waals surface area contributed by atoms with Crippen LogP contribution in [0.5, 0.6) is 0 Å². The monoisotopic (exact) mass is 290 g/mol. The summed E-state index contributed by atoms with van der Waals surface area (Å²) in [5.74, 6) is 0.592. The fourth-order valence-electron chi connectivity index (χ4n) is 1.80. The molecule has 106 valence electrons. The van der Waals surface area contributed by atoms with Crippen molar-refractivity contribution in [3.8, 4) is 0 Å². The second-order valence-electron chi connectivity index (χ2n) is 4.47. The van der Waals surface area contributed by atoms with Crippen molar-refractivity contribution in [1.82, 2.24) is 14.9 Å². The van der Waals surface area contributed by atoms with Crippen molar-refractivity contribution in [1.29, 1.82) is 0 Å². The van der Waals surface area contributed by atoms with Gasteiger partial charge in [-0.3, -0.25) is 4.79 Å². The molecule has 6 heteroatoms. The Hall–Kier alpha value is -1.95. The van der Waals surface area contributed by atoms with E-state index in [4.69, 9.17) is 0 Å². The summed E-state index contributed by atoms with van der Waals surface area (Å²) in [5.41, 5.74) is 3.27. The molecule has 0 saturated carbocycles. The van der Waals surface area contributed by atoms with E-state index in [0.29, 0.717) is 17.9 Å². The normalized spacial score (nSPS) is 10.3. The van der Waals surface area contributed by atoms with Crippen LogP contribution in [0.25, 0.3) is 0 Å². The van der Waals surface area contributed by atoms with Crippen LogP contribution in [0.3, 0.4) is 0 Å². The largest absolute Gasteiger partial charge is 0.369 e. The van der Waals surface area contributed by atoms with Crippen LogP contribution in [0.4, 0.5) is 5.82 Å². The standard InChI is InChI=1S/C14H18N4OS/c1-3-6-15-13-12(5-4-7-16-13)14(19)18(2)8-11-9-20-10-17-11/h4-5,7,9-10H,3,6,8H2,1-2H3,(H,15,16). The summed E-state index contributed by atoms with van der Waals surface area (Å²) in [5, 5.41) is 5.13. The molecule has 2 rings (SSSR count). The topological polar surface area (TPSA) is 58.1 Å². The van der Waals surface area contributed by atoms with E-state index in [-0.39, 0.29) is 5.91 Å². The van der Waals surface area contributed by atoms with E-state index in [9.17, 15) is 4.79 Å². The van der Waals surface area contributed by atoms with Crippen molar-refractivity contribution in [3.63, 3.8) is 0 Å². The number of hydrogen-bond acceptors (Lipinski definition) is 5. The Morgan fingerprint density at radius 2 is 2.30 bits per heavy atom. The van der Waals surface area contributed by atoms with Crippen LogP contribution in [0.15, 0.2) is 29.2 Å². The molecule has 0 aliphatic carbocycles. The zero-order chi connectivity index (χ0) is 14.4. The molecule has 0 unspecified atom stereocenters. The third kappa shape index (κ3) is 3.54. The summed E-state index contributed by atoms with van der Waals surface area (Å²) >= 11 is 1.53. The minimum atomic E-state index is -0.0512. The lowest BCUT2D eigenvalue weighted by Gasteiger charge is -2.18. The average Bonchev–Trinajstić information content (AvgIpc) is 2.97. The predicted molar refractivity (Wildman–Crippen MR) is 80.9 cm³/mol. The molecule has 0 radical (unpaired) electrons. The Balaban J connectivity index is 2.11. The number of aromatic nitrogens is 2. The fourth-order valence-corrected chi connectivity index (χ4v) is 2.35. The van der Waals surface area contributed by atoms with Crippen molar-refractivity contribution in [3.05, 3.63) is 40.5 Å². The van der Waals surface area contributed by atoms with Gasteiger partial charge in [0.25, 0.3) is 5.91 Å². The van der Waals surface area contributed by atoms with Gasteiger partial charge in [-0.15, -0.1) is 11.3 Å². The fraction of sp³-hybridized carbons (Fsp3) is 0.357. The van der Waals surface area contributed by atoms with Crippen molar-refractivity contribution in [2.75, 3.05) is 18.9 Å². The van der Waals surface area contributed by atoms with Gasteiger partial charge in [-0.2, -0.15) is 0 Å². The molecule has 0 spiro atoms. The molecule has 5 nitrogen and oxygen atoms in total. The minimum absolute atomic E-state index is 0.0512. The van der Waals surface area contributed by atoms with Crippen molar-refractivity contribution < 1.29 is 4.79 Å². The molecule has 2 aromatic rings. The van der Waals surface area contributed by atoms with E-state index >= 15 is 0 Å². The van der Waals surface area contributed by atoms with Crippen LogP contribution in [0, 0.1) is 0 Å². The Morgan fingerprint density at radius 3 is 3.00 bits per heavy atom. The van der Waals surface area contributed by atoms with Gasteiger partial charge >= 0.3 is 0 Å². The van der Waals surface area contributed by atoms with Gasteiger partial charge in [-0.25, -0.2) is 9.97 Å². The van der Waals surface area contributed by atoms with E-state index in [1.54, 1.807) is 35.8 Å². The van der Waals surface area contributed by atoms with Gasteiger partial charge in [0, 0.05) is 25.2 Å². The van der Waals surface area contributed by atoms with Crippen LogP contribution >= 0.6 is 11.3 Å². The molecular formula is C14H18N4OS. The molecule has 0 atom stereocenters. The van der Waals surface area contributed by atoms with Gasteiger partial charge < -0.3 is 10.2 Å². The highest BCUT2D eigenvalue weighted by atomic mass is 32.1. The molecule has 0 bridgehead atoms. The van der Waals surface area contributed by atoms with Crippen LogP contribution < -0.4 is 5.32 Å². The lowest BCUT2D eigenvalue weighted by atomic mass is 10.2. The molecule has 1 amide bonds. The number of carbonyl (C=O) groups excluding carboxylic acids is 1. The number of carbonyl (C=O) groups is 1. The Labute approximate surface area is 122 Å². The van der Waals surface area contributed by atoms with E-state index in [0.717, 1.165) is 18.7 Å². The Kier molecular flexibility index (Phi) is 5.06. The summed E-state index contributed by atoms with van der Waals surface area (Å²) < 4.78 is 0. The molecule has 0 saturated heterocycles. The number of nitrogens with zero attached hydrogens (tertiary/aromatic N) is 3. The number of hydrogen-bond donors (Lipinski definition) is 1. The first-order valence-corrected chi connectivity index (χ1v) is 7.48. The minimum Gasteiger partial charge on any atom is -0.369 e. The summed E-state index contributed by atoms with van der Waals surface area (Å²) in [7, 11) is 1.78. The van der Waals surface area contributed by atoms with Gasteiger partial charge in [-0.05, 0) is 18.6 Å². The number of nitrogens with one attached hydrogen (secondary N) is 1. The highest BCUT2D eigenvalue weighted by molar-refractivity contribution is 7.07. The van der Waals surface area contributed by atoms with E-state index in [1.165, 1.54) is 11.3 Å². The smallest absolute Gasteiger partial charge is 0.257 e. The van der Waals surface area contributed by atoms with Crippen LogP contribution in [-0.4, -0.2) is 34.4 Å². The summed E-state index contributed by atoms with van der Waals surface area (Å²) in [6.45, 7) is 3.38. The zero-order valence-electron chi connectivity index (χ0n) is 11.7. The molecule has 2 aromatic heterocycles. The van der Waals surface area contributed by atoms with Crippen LogP contribution in [0.1, 0.15) is 29.4 Å². The van der Waals surface area contributed by atoms with Gasteiger partial charge in [0.15, 0.2) is 0 Å². The van der Waals surface area contributed by atoms with Crippen molar-refractivity contribution >= 4 is 23.1 Å². The number of amides is 1. The first-order chi connectivity index (χ1) is 9.72. The van der Waals surface area contributed by atoms with Crippen LogP contribution in [-0.2, 0) is 6.54 Å². The van der Waals surface area contributed by atoms with Gasteiger partial charge in [-0.1, -0.05) is 6.92 Å². The van der Waals surface area contributed by atoms with E-state index < -0.39 is 0 Å². The second-order valence-corrected chi connectivity index (χ2v) is 5.19. The third-order valence-electron chi connectivity index (χ3n) is 2.81. The van der Waals surface area contributed by atoms with Crippen molar-refractivity contribution in [2.24, 2.45) is 0 Å². The van der Waals surface area contributed by atoms with Crippen molar-refractivity contribution in [2.45, 2.75) is 19.9 Å². The maximum Gasteiger partial charge on any atom is 0.257 e. The van der Waals surface area contributed by atoms with Crippen LogP contribution in [0.2, 0.25) is 0 Å². The Bertz CT molecular complexity index is 556. The maximum atomic E-state index is 12.5. The van der Waals surface area contributed by atoms with Gasteiger partial charge in [0.2, 0.25) is 0 Å². The first-order valence-electron chi connectivity index (χ1n) is 6.53. The summed E-state index contributed by atoms with van der Waals surface area (Å²) in [4.78, 5) is 22.6. The average molecular weight is 290 g/mol. The number of pyridine rings is 1. The lowest BCUT2D eigenvalue weighted by molar-refractivity contribution is 0.0784. The van der Waals surface area contributed by atoms with Gasteiger partial charge in [0.1, 0.15) is 5.82 Å². The molecule has 0 fully saturated rings. The molecule has 2 heterocycles. The van der Waals surface area contributed by atoms with Gasteiger partial charge in [0.05, 0.1) is 23.3 Å². The summed E-state index contributed by atoms with van der Waals surface area (Å²) in [6, 6.07) is 3.58.